The highest BCUT2D eigenvalue weighted by Gasteiger charge is 2.36. The van der Waals surface area contributed by atoms with Crippen LogP contribution in [0.15, 0.2) is 0 Å². The van der Waals surface area contributed by atoms with Gasteiger partial charge in [0.05, 0.1) is 21.1 Å². The molecule has 0 rings (SSSR count). The fourth-order valence-corrected chi connectivity index (χ4v) is 1.72. The number of carbonyl (C=O) groups excluding carboxylic acids is 1. The van der Waals surface area contributed by atoms with E-state index < -0.39 is 23.8 Å². The average molecular weight is 262 g/mol. The molecule has 0 heterocycles. The number of carbonyl (C=O) groups is 2. The number of carboxylic acids is 1. The molecule has 18 heavy (non-hydrogen) atoms. The predicted molar refractivity (Wildman–Crippen MR) is 65.9 cm³/mol. The van der Waals surface area contributed by atoms with E-state index >= 15 is 0 Å². The molecule has 0 fully saturated rings. The van der Waals surface area contributed by atoms with E-state index in [9.17, 15) is 14.7 Å². The number of hydrogen-bond donors (Lipinski definition) is 3. The number of likely N-dealkylation sites (N-methyl/N-ethyl adjacent to an activating group) is 1. The molecule has 0 aliphatic rings. The Bertz CT molecular complexity index is 297. The Morgan fingerprint density at radius 3 is 2.06 bits per heavy atom. The molecular formula is C12H24NO5+. The maximum Gasteiger partial charge on any atom is 0.316 e. The molecule has 6 heteroatoms. The molecule has 0 aromatic rings. The summed E-state index contributed by atoms with van der Waals surface area (Å²) in [5.41, 5.74) is 0. The van der Waals surface area contributed by atoms with Crippen LogP contribution < -0.4 is 0 Å². The monoisotopic (exact) mass is 262 g/mol. The summed E-state index contributed by atoms with van der Waals surface area (Å²) in [7, 11) is 5.43. The third-order valence-corrected chi connectivity index (χ3v) is 2.59. The molecule has 0 aliphatic heterocycles. The van der Waals surface area contributed by atoms with E-state index in [1.165, 1.54) is 0 Å². The van der Waals surface area contributed by atoms with Crippen LogP contribution in [-0.2, 0) is 9.59 Å². The Kier molecular flexibility index (Phi) is 6.45. The number of aliphatic hydroxyl groups is 2. The minimum atomic E-state index is -1.42. The van der Waals surface area contributed by atoms with Crippen LogP contribution in [0.3, 0.4) is 0 Å². The molecule has 0 bridgehead atoms. The van der Waals surface area contributed by atoms with Gasteiger partial charge in [0.15, 0.2) is 0 Å². The van der Waals surface area contributed by atoms with E-state index in [2.05, 4.69) is 0 Å². The quantitative estimate of drug-likeness (QED) is 0.399. The Balaban J connectivity index is 4.75. The van der Waals surface area contributed by atoms with Crippen LogP contribution in [0.25, 0.3) is 0 Å². The van der Waals surface area contributed by atoms with Crippen LogP contribution in [0.5, 0.6) is 0 Å². The molecule has 106 valence electrons. The lowest BCUT2D eigenvalue weighted by Crippen LogP contribution is -2.48. The molecule has 3 N–H and O–H groups in total. The largest absolute Gasteiger partial charge is 0.481 e. The summed E-state index contributed by atoms with van der Waals surface area (Å²) in [5, 5.41) is 27.8. The molecule has 0 aromatic heterocycles. The molecule has 0 spiro atoms. The zero-order chi connectivity index (χ0) is 14.5. The lowest BCUT2D eigenvalue weighted by molar-refractivity contribution is -0.873. The van der Waals surface area contributed by atoms with Gasteiger partial charge in [0.25, 0.3) is 0 Å². The first kappa shape index (κ1) is 17.0. The minimum absolute atomic E-state index is 0.0400. The second-order valence-corrected chi connectivity index (χ2v) is 5.81. The predicted octanol–water partition coefficient (Wildman–Crippen LogP) is -0.658. The van der Waals surface area contributed by atoms with Crippen LogP contribution >= 0.6 is 0 Å². The molecule has 0 aliphatic carbocycles. The van der Waals surface area contributed by atoms with Crippen LogP contribution in [0.1, 0.15) is 13.3 Å². The fraction of sp³-hybridized carbons (Fsp3) is 0.833. The van der Waals surface area contributed by atoms with E-state index in [1.807, 2.05) is 21.1 Å². The number of aliphatic carboxylic acids is 1. The van der Waals surface area contributed by atoms with Gasteiger partial charge in [-0.25, -0.2) is 0 Å². The average Bonchev–Trinajstić information content (AvgIpc) is 2.13. The lowest BCUT2D eigenvalue weighted by atomic mass is 9.91. The summed E-state index contributed by atoms with van der Waals surface area (Å²) >= 11 is 0. The summed E-state index contributed by atoms with van der Waals surface area (Å²) in [6.45, 7) is 1.66. The smallest absolute Gasteiger partial charge is 0.316 e. The van der Waals surface area contributed by atoms with E-state index in [-0.39, 0.29) is 25.5 Å². The number of rotatable bonds is 8. The molecule has 0 amide bonds. The van der Waals surface area contributed by atoms with Crippen molar-refractivity contribution in [2.75, 3.05) is 34.3 Å². The van der Waals surface area contributed by atoms with E-state index in [0.29, 0.717) is 4.48 Å². The maximum atomic E-state index is 11.8. The normalized spacial score (nSPS) is 17.0. The third-order valence-electron chi connectivity index (χ3n) is 2.59. The first-order chi connectivity index (χ1) is 8.08. The highest BCUT2D eigenvalue weighted by atomic mass is 16.4. The maximum absolute atomic E-state index is 11.8. The number of ketones is 1. The van der Waals surface area contributed by atoms with Crippen molar-refractivity contribution < 1.29 is 29.4 Å². The van der Waals surface area contributed by atoms with Gasteiger partial charge in [-0.2, -0.15) is 0 Å². The van der Waals surface area contributed by atoms with Crippen LogP contribution in [0, 0.1) is 11.8 Å². The van der Waals surface area contributed by atoms with Gasteiger partial charge < -0.3 is 19.8 Å². The van der Waals surface area contributed by atoms with Gasteiger partial charge >= 0.3 is 5.97 Å². The Labute approximate surface area is 107 Å². The lowest BCUT2D eigenvalue weighted by Gasteiger charge is -2.29. The van der Waals surface area contributed by atoms with Crippen LogP contribution in [0.4, 0.5) is 0 Å². The van der Waals surface area contributed by atoms with Crippen molar-refractivity contribution in [2.45, 2.75) is 19.4 Å². The first-order valence-electron chi connectivity index (χ1n) is 5.93. The van der Waals surface area contributed by atoms with Gasteiger partial charge in [-0.15, -0.1) is 0 Å². The second kappa shape index (κ2) is 6.82. The molecule has 3 atom stereocenters. The fourth-order valence-electron chi connectivity index (χ4n) is 1.72. The van der Waals surface area contributed by atoms with Crippen molar-refractivity contribution in [3.8, 4) is 0 Å². The first-order valence-corrected chi connectivity index (χ1v) is 5.93. The van der Waals surface area contributed by atoms with E-state index in [4.69, 9.17) is 10.2 Å². The zero-order valence-electron chi connectivity index (χ0n) is 11.5. The molecule has 6 nitrogen and oxygen atoms in total. The van der Waals surface area contributed by atoms with Crippen molar-refractivity contribution in [1.29, 1.82) is 0 Å². The third kappa shape index (κ3) is 6.09. The van der Waals surface area contributed by atoms with Gasteiger partial charge in [0.2, 0.25) is 0 Å². The minimum Gasteiger partial charge on any atom is -0.481 e. The Morgan fingerprint density at radius 1 is 1.22 bits per heavy atom. The summed E-state index contributed by atoms with van der Waals surface area (Å²) in [6.07, 6.45) is -1.26. The Hall–Kier alpha value is -0.980. The van der Waals surface area contributed by atoms with Crippen molar-refractivity contribution in [1.82, 2.24) is 0 Å². The number of Topliss-reactive ketones (excluding diaryl/α,β-unsaturated/α-hetero) is 1. The topological polar surface area (TPSA) is 94.8 Å². The highest BCUT2D eigenvalue weighted by molar-refractivity contribution is 5.98. The van der Waals surface area contributed by atoms with Gasteiger partial charge in [0, 0.05) is 13.0 Å². The molecule has 3 unspecified atom stereocenters. The number of nitrogens with zero attached hydrogens (tertiary/aromatic N) is 1. The van der Waals surface area contributed by atoms with Gasteiger partial charge in [-0.1, -0.05) is 6.92 Å². The number of carboxylic acid groups (broad SMARTS) is 1. The zero-order valence-corrected chi connectivity index (χ0v) is 11.5. The molecule has 0 saturated heterocycles. The molecule has 0 saturated carbocycles. The van der Waals surface area contributed by atoms with Crippen molar-refractivity contribution in [2.24, 2.45) is 11.8 Å². The van der Waals surface area contributed by atoms with Crippen molar-refractivity contribution >= 4 is 11.8 Å². The summed E-state index contributed by atoms with van der Waals surface area (Å²) < 4.78 is 0.369. The number of aliphatic hydroxyl groups excluding tert-OH is 2. The molecule has 0 radical (unpaired) electrons. The SMILES string of the molecule is CC(CO)CC(=O)C(C(=O)O)C(O)C[N+](C)(C)C. The van der Waals surface area contributed by atoms with Gasteiger partial charge in [-0.05, 0) is 5.92 Å². The molecule has 0 aromatic carbocycles. The van der Waals surface area contributed by atoms with Crippen LogP contribution in [-0.4, -0.2) is 72.0 Å². The van der Waals surface area contributed by atoms with E-state index in [1.54, 1.807) is 6.92 Å². The number of quaternary nitrogens is 1. The summed E-state index contributed by atoms with van der Waals surface area (Å²) in [4.78, 5) is 22.9. The van der Waals surface area contributed by atoms with Crippen molar-refractivity contribution in [3.63, 3.8) is 0 Å². The Morgan fingerprint density at radius 2 is 1.72 bits per heavy atom. The van der Waals surface area contributed by atoms with Crippen LogP contribution in [0.2, 0.25) is 0 Å². The van der Waals surface area contributed by atoms with E-state index in [0.717, 1.165) is 0 Å². The summed E-state index contributed by atoms with van der Waals surface area (Å²) in [5.74, 6) is -3.57. The number of hydrogen-bond acceptors (Lipinski definition) is 4. The molecular weight excluding hydrogens is 238 g/mol. The summed E-state index contributed by atoms with van der Waals surface area (Å²) in [6, 6.07) is 0. The highest BCUT2D eigenvalue weighted by Crippen LogP contribution is 2.15. The second-order valence-electron chi connectivity index (χ2n) is 5.81. The van der Waals surface area contributed by atoms with Gasteiger partial charge in [-0.3, -0.25) is 9.59 Å². The standard InChI is InChI=1S/C12H23NO5/c1-8(7-14)5-9(15)11(12(17)18)10(16)6-13(2,3)4/h8,10-11,14,16H,5-7H2,1-4H3/p+1. The van der Waals surface area contributed by atoms with Gasteiger partial charge in [0.1, 0.15) is 24.3 Å². The van der Waals surface area contributed by atoms with Crippen molar-refractivity contribution in [3.05, 3.63) is 0 Å².